The molecule has 0 spiro atoms. The Hall–Kier alpha value is -0.670. The van der Waals surface area contributed by atoms with Crippen molar-refractivity contribution in [3.63, 3.8) is 0 Å². The molecule has 0 aliphatic carbocycles. The Balaban J connectivity index is 3.06. The van der Waals surface area contributed by atoms with Crippen molar-refractivity contribution in [2.45, 2.75) is 19.3 Å². The maximum absolute atomic E-state index is 13.4. The van der Waals surface area contributed by atoms with Crippen LogP contribution in [0, 0.1) is 6.92 Å². The standard InChI is InChI=1S/C10H12ClF2N/c1-7-2-3-8(9(11)6-7)10(12,13)4-5-14/h2-3,6H,4-5,14H2,1H3. The highest BCUT2D eigenvalue weighted by Gasteiger charge is 2.32. The summed E-state index contributed by atoms with van der Waals surface area (Å²) < 4.78 is 26.8. The van der Waals surface area contributed by atoms with Gasteiger partial charge in [-0.1, -0.05) is 23.7 Å². The molecule has 0 saturated carbocycles. The summed E-state index contributed by atoms with van der Waals surface area (Å²) in [5, 5.41) is 0.100. The molecule has 2 N–H and O–H groups in total. The zero-order valence-corrected chi connectivity index (χ0v) is 8.61. The first-order chi connectivity index (χ1) is 6.47. The molecule has 0 aliphatic rings. The van der Waals surface area contributed by atoms with E-state index in [0.29, 0.717) is 0 Å². The third-order valence-electron chi connectivity index (χ3n) is 1.98. The highest BCUT2D eigenvalue weighted by Crippen LogP contribution is 2.36. The maximum Gasteiger partial charge on any atom is 0.275 e. The zero-order chi connectivity index (χ0) is 10.8. The number of rotatable bonds is 3. The van der Waals surface area contributed by atoms with Gasteiger partial charge in [0.2, 0.25) is 0 Å². The van der Waals surface area contributed by atoms with Gasteiger partial charge in [0.1, 0.15) is 0 Å². The molecule has 0 saturated heterocycles. The lowest BCUT2D eigenvalue weighted by Gasteiger charge is -2.17. The first-order valence-electron chi connectivity index (χ1n) is 4.32. The summed E-state index contributed by atoms with van der Waals surface area (Å²) in [6, 6.07) is 4.50. The number of aryl methyl sites for hydroxylation is 1. The maximum atomic E-state index is 13.4. The van der Waals surface area contributed by atoms with Crippen LogP contribution in [0.3, 0.4) is 0 Å². The monoisotopic (exact) mass is 219 g/mol. The lowest BCUT2D eigenvalue weighted by Crippen LogP contribution is -2.19. The van der Waals surface area contributed by atoms with Gasteiger partial charge in [-0.05, 0) is 25.1 Å². The Bertz CT molecular complexity index is 326. The van der Waals surface area contributed by atoms with E-state index in [1.165, 1.54) is 12.1 Å². The summed E-state index contributed by atoms with van der Waals surface area (Å²) >= 11 is 5.73. The van der Waals surface area contributed by atoms with Crippen molar-refractivity contribution in [1.82, 2.24) is 0 Å². The van der Waals surface area contributed by atoms with Crippen LogP contribution >= 0.6 is 11.6 Å². The molecule has 0 aromatic heterocycles. The van der Waals surface area contributed by atoms with Crippen LogP contribution in [0.4, 0.5) is 8.78 Å². The second-order valence-corrected chi connectivity index (χ2v) is 3.63. The van der Waals surface area contributed by atoms with Crippen LogP contribution in [0.1, 0.15) is 17.5 Å². The van der Waals surface area contributed by atoms with Gasteiger partial charge >= 0.3 is 0 Å². The molecule has 4 heteroatoms. The van der Waals surface area contributed by atoms with Crippen molar-refractivity contribution in [2.24, 2.45) is 5.73 Å². The Morgan fingerprint density at radius 1 is 1.43 bits per heavy atom. The van der Waals surface area contributed by atoms with Crippen molar-refractivity contribution in [1.29, 1.82) is 0 Å². The van der Waals surface area contributed by atoms with Gasteiger partial charge < -0.3 is 5.73 Å². The van der Waals surface area contributed by atoms with Crippen molar-refractivity contribution in [3.8, 4) is 0 Å². The van der Waals surface area contributed by atoms with E-state index in [1.807, 2.05) is 0 Å². The van der Waals surface area contributed by atoms with Crippen LogP contribution in [0.2, 0.25) is 5.02 Å². The molecule has 0 radical (unpaired) electrons. The number of hydrogen-bond acceptors (Lipinski definition) is 1. The second kappa shape index (κ2) is 4.24. The van der Waals surface area contributed by atoms with E-state index in [4.69, 9.17) is 17.3 Å². The highest BCUT2D eigenvalue weighted by molar-refractivity contribution is 6.31. The summed E-state index contributed by atoms with van der Waals surface area (Å²) in [5.41, 5.74) is 5.83. The SMILES string of the molecule is Cc1ccc(C(F)(F)CCN)c(Cl)c1. The summed E-state index contributed by atoms with van der Waals surface area (Å²) in [7, 11) is 0. The molecule has 0 bridgehead atoms. The van der Waals surface area contributed by atoms with Crippen LogP contribution < -0.4 is 5.73 Å². The van der Waals surface area contributed by atoms with Gasteiger partial charge in [0.15, 0.2) is 0 Å². The fraction of sp³-hybridized carbons (Fsp3) is 0.400. The van der Waals surface area contributed by atoms with Crippen molar-refractivity contribution >= 4 is 11.6 Å². The molecule has 1 nitrogen and oxygen atoms in total. The fourth-order valence-corrected chi connectivity index (χ4v) is 1.61. The second-order valence-electron chi connectivity index (χ2n) is 3.23. The predicted molar refractivity (Wildman–Crippen MR) is 53.8 cm³/mol. The van der Waals surface area contributed by atoms with Crippen LogP contribution in [0.15, 0.2) is 18.2 Å². The van der Waals surface area contributed by atoms with E-state index in [0.717, 1.165) is 5.56 Å². The number of hydrogen-bond donors (Lipinski definition) is 1. The first kappa shape index (κ1) is 11.4. The molecule has 78 valence electrons. The lowest BCUT2D eigenvalue weighted by molar-refractivity contribution is -0.0106. The Morgan fingerprint density at radius 2 is 2.07 bits per heavy atom. The normalized spacial score (nSPS) is 11.8. The van der Waals surface area contributed by atoms with Gasteiger partial charge in [-0.25, -0.2) is 8.78 Å². The smallest absolute Gasteiger partial charge is 0.275 e. The number of alkyl halides is 2. The lowest BCUT2D eigenvalue weighted by atomic mass is 10.0. The molecule has 0 heterocycles. The van der Waals surface area contributed by atoms with E-state index in [9.17, 15) is 8.78 Å². The minimum atomic E-state index is -2.93. The van der Waals surface area contributed by atoms with Gasteiger partial charge in [0, 0.05) is 12.0 Å². The molecule has 0 amide bonds. The molecule has 0 unspecified atom stereocenters. The fourth-order valence-electron chi connectivity index (χ4n) is 1.23. The Labute approximate surface area is 86.9 Å². The molecule has 0 aliphatic heterocycles. The third-order valence-corrected chi connectivity index (χ3v) is 2.29. The molecule has 0 fully saturated rings. The largest absolute Gasteiger partial charge is 0.330 e. The van der Waals surface area contributed by atoms with E-state index in [2.05, 4.69) is 0 Å². The van der Waals surface area contributed by atoms with Crippen LogP contribution in [0.25, 0.3) is 0 Å². The quantitative estimate of drug-likeness (QED) is 0.831. The van der Waals surface area contributed by atoms with E-state index in [-0.39, 0.29) is 23.6 Å². The summed E-state index contributed by atoms with van der Waals surface area (Å²) in [5.74, 6) is -2.93. The van der Waals surface area contributed by atoms with Crippen molar-refractivity contribution in [3.05, 3.63) is 34.3 Å². The van der Waals surface area contributed by atoms with Crippen LogP contribution in [0.5, 0.6) is 0 Å². The molecular weight excluding hydrogens is 208 g/mol. The summed E-state index contributed by atoms with van der Waals surface area (Å²) in [6.07, 6.45) is -0.379. The van der Waals surface area contributed by atoms with Gasteiger partial charge in [-0.2, -0.15) is 0 Å². The highest BCUT2D eigenvalue weighted by atomic mass is 35.5. The number of nitrogens with two attached hydrogens (primary N) is 1. The first-order valence-corrected chi connectivity index (χ1v) is 4.69. The van der Waals surface area contributed by atoms with Gasteiger partial charge in [-0.3, -0.25) is 0 Å². The van der Waals surface area contributed by atoms with E-state index >= 15 is 0 Å². The van der Waals surface area contributed by atoms with Gasteiger partial charge in [-0.15, -0.1) is 0 Å². The minimum absolute atomic E-state index is 0.0583. The van der Waals surface area contributed by atoms with Gasteiger partial charge in [0.25, 0.3) is 5.92 Å². The van der Waals surface area contributed by atoms with Crippen molar-refractivity contribution in [2.75, 3.05) is 6.54 Å². The summed E-state index contributed by atoms with van der Waals surface area (Å²) in [4.78, 5) is 0. The van der Waals surface area contributed by atoms with E-state index < -0.39 is 5.92 Å². The predicted octanol–water partition coefficient (Wildman–Crippen LogP) is 3.09. The number of benzene rings is 1. The number of halogens is 3. The van der Waals surface area contributed by atoms with Crippen LogP contribution in [-0.2, 0) is 5.92 Å². The molecule has 1 aromatic rings. The Kier molecular flexibility index (Phi) is 3.45. The summed E-state index contributed by atoms with van der Waals surface area (Å²) in [6.45, 7) is 1.74. The molecule has 1 aromatic carbocycles. The average molecular weight is 220 g/mol. The van der Waals surface area contributed by atoms with Crippen LogP contribution in [-0.4, -0.2) is 6.54 Å². The van der Waals surface area contributed by atoms with Gasteiger partial charge in [0.05, 0.1) is 5.02 Å². The molecule has 14 heavy (non-hydrogen) atoms. The zero-order valence-electron chi connectivity index (χ0n) is 7.86. The topological polar surface area (TPSA) is 26.0 Å². The molecule has 1 rings (SSSR count). The van der Waals surface area contributed by atoms with E-state index in [1.54, 1.807) is 13.0 Å². The Morgan fingerprint density at radius 3 is 2.57 bits per heavy atom. The minimum Gasteiger partial charge on any atom is -0.330 e. The molecule has 0 atom stereocenters. The third kappa shape index (κ3) is 2.42. The van der Waals surface area contributed by atoms with Crippen molar-refractivity contribution < 1.29 is 8.78 Å². The average Bonchev–Trinajstić information content (AvgIpc) is 2.02. The molecular formula is C10H12ClF2N.